The number of rotatable bonds is 10. The standard InChI is InChI=1S/C26H38O4/c1-9-19(5)24(27)20(6)16-18(4)13-11-12-17(3)14-15-23-21(7)25(28)22(10-2)26(29-8)30-23/h9,11,13-14,16,20,24,27H,10,12,15H2,1-8H3/b13-11-,17-14-,18-16+,19-9+/t20-,24-/m0/s1. The number of aliphatic hydroxyl groups excluding tert-OH is 1. The van der Waals surface area contributed by atoms with Gasteiger partial charge in [0.15, 0.2) is 5.43 Å². The van der Waals surface area contributed by atoms with Crippen LogP contribution in [-0.2, 0) is 12.8 Å². The number of hydrogen-bond donors (Lipinski definition) is 1. The van der Waals surface area contributed by atoms with Gasteiger partial charge in [-0.2, -0.15) is 0 Å². The van der Waals surface area contributed by atoms with Crippen molar-refractivity contribution in [2.45, 2.75) is 73.8 Å². The van der Waals surface area contributed by atoms with E-state index in [0.29, 0.717) is 35.7 Å². The van der Waals surface area contributed by atoms with Crippen LogP contribution < -0.4 is 10.2 Å². The third-order valence-electron chi connectivity index (χ3n) is 5.44. The maximum Gasteiger partial charge on any atom is 0.291 e. The van der Waals surface area contributed by atoms with Gasteiger partial charge in [0.2, 0.25) is 0 Å². The van der Waals surface area contributed by atoms with Crippen LogP contribution in [0.5, 0.6) is 5.95 Å². The number of hydrogen-bond acceptors (Lipinski definition) is 4. The first-order valence-corrected chi connectivity index (χ1v) is 10.7. The Hall–Kier alpha value is -2.33. The summed E-state index contributed by atoms with van der Waals surface area (Å²) >= 11 is 0. The first kappa shape index (κ1) is 25.7. The maximum absolute atomic E-state index is 12.5. The Balaban J connectivity index is 2.80. The molecule has 0 amide bonds. The fourth-order valence-electron chi connectivity index (χ4n) is 3.29. The van der Waals surface area contributed by atoms with Crippen molar-refractivity contribution in [2.24, 2.45) is 5.92 Å². The highest BCUT2D eigenvalue weighted by Crippen LogP contribution is 2.21. The van der Waals surface area contributed by atoms with Crippen molar-refractivity contribution in [2.75, 3.05) is 7.11 Å². The maximum atomic E-state index is 12.5. The zero-order chi connectivity index (χ0) is 22.8. The molecular formula is C26H38O4. The highest BCUT2D eigenvalue weighted by molar-refractivity contribution is 5.31. The Labute approximate surface area is 181 Å². The minimum atomic E-state index is -0.450. The monoisotopic (exact) mass is 414 g/mol. The third-order valence-corrected chi connectivity index (χ3v) is 5.44. The predicted molar refractivity (Wildman–Crippen MR) is 125 cm³/mol. The minimum Gasteiger partial charge on any atom is -0.468 e. The van der Waals surface area contributed by atoms with E-state index < -0.39 is 6.10 Å². The normalized spacial score (nSPS) is 15.6. The molecule has 0 spiro atoms. The molecule has 2 atom stereocenters. The highest BCUT2D eigenvalue weighted by atomic mass is 16.6. The van der Waals surface area contributed by atoms with Gasteiger partial charge in [0.05, 0.1) is 18.8 Å². The average Bonchev–Trinajstić information content (AvgIpc) is 2.73. The van der Waals surface area contributed by atoms with Crippen LogP contribution in [-0.4, -0.2) is 18.3 Å². The Kier molecular flexibility index (Phi) is 10.6. The van der Waals surface area contributed by atoms with E-state index in [1.54, 1.807) is 0 Å². The summed E-state index contributed by atoms with van der Waals surface area (Å²) in [5.41, 5.74) is 4.55. The number of methoxy groups -OCH3 is 1. The first-order chi connectivity index (χ1) is 14.2. The molecule has 4 heteroatoms. The molecule has 1 N–H and O–H groups in total. The third kappa shape index (κ3) is 7.17. The number of aliphatic hydroxyl groups is 1. The second-order valence-electron chi connectivity index (χ2n) is 7.91. The quantitative estimate of drug-likeness (QED) is 0.384. The van der Waals surface area contributed by atoms with Gasteiger partial charge >= 0.3 is 0 Å². The molecule has 1 aromatic heterocycles. The molecule has 0 unspecified atom stereocenters. The molecule has 0 bridgehead atoms. The molecule has 1 aromatic rings. The van der Waals surface area contributed by atoms with Gasteiger partial charge < -0.3 is 14.3 Å². The summed E-state index contributed by atoms with van der Waals surface area (Å²) in [5.74, 6) is 1.03. The molecule has 1 rings (SSSR count). The molecule has 30 heavy (non-hydrogen) atoms. The van der Waals surface area contributed by atoms with Crippen LogP contribution in [0.1, 0.15) is 64.9 Å². The van der Waals surface area contributed by atoms with E-state index in [1.807, 2.05) is 47.6 Å². The molecule has 0 aliphatic heterocycles. The van der Waals surface area contributed by atoms with Gasteiger partial charge in [0.25, 0.3) is 5.95 Å². The average molecular weight is 415 g/mol. The number of allylic oxidation sites excluding steroid dienone is 6. The van der Waals surface area contributed by atoms with Crippen molar-refractivity contribution in [3.05, 3.63) is 74.2 Å². The largest absolute Gasteiger partial charge is 0.468 e. The zero-order valence-electron chi connectivity index (χ0n) is 19.8. The molecule has 0 radical (unpaired) electrons. The van der Waals surface area contributed by atoms with E-state index in [2.05, 4.69) is 31.2 Å². The summed E-state index contributed by atoms with van der Waals surface area (Å²) in [7, 11) is 1.53. The topological polar surface area (TPSA) is 59.7 Å². The van der Waals surface area contributed by atoms with Gasteiger partial charge in [-0.15, -0.1) is 0 Å². The molecule has 0 aliphatic rings. The smallest absolute Gasteiger partial charge is 0.291 e. The van der Waals surface area contributed by atoms with E-state index in [0.717, 1.165) is 17.6 Å². The van der Waals surface area contributed by atoms with Gasteiger partial charge in [-0.25, -0.2) is 0 Å². The van der Waals surface area contributed by atoms with Crippen LogP contribution in [0.4, 0.5) is 0 Å². The van der Waals surface area contributed by atoms with E-state index in [4.69, 9.17) is 9.15 Å². The van der Waals surface area contributed by atoms with Crippen molar-refractivity contribution in [3.8, 4) is 5.95 Å². The summed E-state index contributed by atoms with van der Waals surface area (Å²) in [5, 5.41) is 10.3. The molecular weight excluding hydrogens is 376 g/mol. The fourth-order valence-corrected chi connectivity index (χ4v) is 3.29. The van der Waals surface area contributed by atoms with E-state index in [1.165, 1.54) is 12.7 Å². The van der Waals surface area contributed by atoms with Crippen molar-refractivity contribution in [1.29, 1.82) is 0 Å². The lowest BCUT2D eigenvalue weighted by atomic mass is 9.96. The van der Waals surface area contributed by atoms with Crippen LogP contribution in [0, 0.1) is 12.8 Å². The lowest BCUT2D eigenvalue weighted by molar-refractivity contribution is 0.173. The van der Waals surface area contributed by atoms with Crippen LogP contribution in [0.15, 0.2) is 56.3 Å². The summed E-state index contributed by atoms with van der Waals surface area (Å²) in [4.78, 5) is 12.5. The van der Waals surface area contributed by atoms with Gasteiger partial charge in [-0.1, -0.05) is 55.4 Å². The SMILES string of the molecule is C/C=C(\C)[C@H](O)[C@@H](C)/C=C(C)/C=C\C/C(C)=C\Cc1oc(OC)c(CC)c(=O)c1C. The molecule has 4 nitrogen and oxygen atoms in total. The van der Waals surface area contributed by atoms with Gasteiger partial charge in [-0.05, 0) is 53.0 Å². The van der Waals surface area contributed by atoms with Gasteiger partial charge in [0, 0.05) is 17.9 Å². The van der Waals surface area contributed by atoms with Crippen molar-refractivity contribution >= 4 is 0 Å². The molecule has 0 saturated heterocycles. The van der Waals surface area contributed by atoms with Crippen molar-refractivity contribution < 1.29 is 14.3 Å². The summed E-state index contributed by atoms with van der Waals surface area (Å²) < 4.78 is 11.1. The Bertz CT molecular complexity index is 881. The predicted octanol–water partition coefficient (Wildman–Crippen LogP) is 5.86. The molecule has 1 heterocycles. The minimum absolute atomic E-state index is 0.00627. The van der Waals surface area contributed by atoms with Gasteiger partial charge in [-0.3, -0.25) is 4.79 Å². The molecule has 166 valence electrons. The van der Waals surface area contributed by atoms with Crippen LogP contribution in [0.3, 0.4) is 0 Å². The van der Waals surface area contributed by atoms with Crippen molar-refractivity contribution in [1.82, 2.24) is 0 Å². The first-order valence-electron chi connectivity index (χ1n) is 10.7. The zero-order valence-corrected chi connectivity index (χ0v) is 19.8. The summed E-state index contributed by atoms with van der Waals surface area (Å²) in [6.07, 6.45) is 11.8. The van der Waals surface area contributed by atoms with Crippen LogP contribution >= 0.6 is 0 Å². The Morgan fingerprint density at radius 1 is 1.27 bits per heavy atom. The molecule has 0 fully saturated rings. The van der Waals surface area contributed by atoms with Gasteiger partial charge in [0.1, 0.15) is 5.76 Å². The number of ether oxygens (including phenoxy) is 1. The molecule has 0 saturated carbocycles. The Morgan fingerprint density at radius 3 is 2.50 bits per heavy atom. The van der Waals surface area contributed by atoms with Crippen molar-refractivity contribution in [3.63, 3.8) is 0 Å². The fraction of sp³-hybridized carbons (Fsp3) is 0.500. The van der Waals surface area contributed by atoms with E-state index in [9.17, 15) is 9.90 Å². The van der Waals surface area contributed by atoms with Crippen LogP contribution in [0.25, 0.3) is 0 Å². The molecule has 0 aliphatic carbocycles. The second kappa shape index (κ2) is 12.4. The summed E-state index contributed by atoms with van der Waals surface area (Å²) in [6.45, 7) is 13.8. The summed E-state index contributed by atoms with van der Waals surface area (Å²) in [6, 6.07) is 0. The lowest BCUT2D eigenvalue weighted by Crippen LogP contribution is -2.17. The second-order valence-corrected chi connectivity index (χ2v) is 7.91. The van der Waals surface area contributed by atoms with E-state index >= 15 is 0 Å². The highest BCUT2D eigenvalue weighted by Gasteiger charge is 2.15. The Morgan fingerprint density at radius 2 is 1.93 bits per heavy atom. The van der Waals surface area contributed by atoms with E-state index in [-0.39, 0.29) is 11.3 Å². The lowest BCUT2D eigenvalue weighted by Gasteiger charge is -2.16. The molecule has 0 aromatic carbocycles. The van der Waals surface area contributed by atoms with Crippen LogP contribution in [0.2, 0.25) is 0 Å².